The number of pyridine rings is 1. The monoisotopic (exact) mass is 248 g/mol. The third-order valence-electron chi connectivity index (χ3n) is 2.11. The van der Waals surface area contributed by atoms with Gasteiger partial charge in [0, 0.05) is 19.7 Å². The largest absolute Gasteiger partial charge is 0.377 e. The molecule has 1 aromatic rings. The van der Waals surface area contributed by atoms with Crippen LogP contribution in [0.4, 0.5) is 19.0 Å². The average Bonchev–Trinajstić information content (AvgIpc) is 2.22. The van der Waals surface area contributed by atoms with E-state index in [-0.39, 0.29) is 11.9 Å². The summed E-state index contributed by atoms with van der Waals surface area (Å²) in [6.45, 7) is 4.44. The number of hydrogen-bond acceptors (Lipinski definition) is 3. The van der Waals surface area contributed by atoms with Crippen LogP contribution in [0.1, 0.15) is 13.8 Å². The molecule has 6 heteroatoms. The number of aromatic nitrogens is 1. The van der Waals surface area contributed by atoms with Gasteiger partial charge in [0.1, 0.15) is 0 Å². The van der Waals surface area contributed by atoms with Gasteiger partial charge < -0.3 is 9.64 Å². The van der Waals surface area contributed by atoms with Crippen molar-refractivity contribution in [1.29, 1.82) is 0 Å². The molecule has 0 saturated carbocycles. The lowest BCUT2D eigenvalue weighted by Gasteiger charge is -2.19. The Balaban J connectivity index is 2.68. The summed E-state index contributed by atoms with van der Waals surface area (Å²) in [7, 11) is 1.53. The topological polar surface area (TPSA) is 25.4 Å². The quantitative estimate of drug-likeness (QED) is 0.748. The lowest BCUT2D eigenvalue weighted by atomic mass is 10.4. The first-order valence-electron chi connectivity index (χ1n) is 5.26. The van der Waals surface area contributed by atoms with Crippen molar-refractivity contribution >= 4 is 5.82 Å². The van der Waals surface area contributed by atoms with Gasteiger partial charge in [-0.2, -0.15) is 9.37 Å². The summed E-state index contributed by atoms with van der Waals surface area (Å²) >= 11 is 0. The highest BCUT2D eigenvalue weighted by molar-refractivity contribution is 5.38. The van der Waals surface area contributed by atoms with Crippen LogP contribution in [-0.2, 0) is 4.74 Å². The summed E-state index contributed by atoms with van der Waals surface area (Å²) < 4.78 is 44.1. The molecular formula is C11H15F3N2O. The van der Waals surface area contributed by atoms with Crippen molar-refractivity contribution in [2.75, 3.05) is 25.1 Å². The van der Waals surface area contributed by atoms with Crippen molar-refractivity contribution in [2.24, 2.45) is 0 Å². The van der Waals surface area contributed by atoms with E-state index in [4.69, 9.17) is 4.74 Å². The molecule has 17 heavy (non-hydrogen) atoms. The molecule has 1 aromatic heterocycles. The number of hydrogen-bond donors (Lipinski definition) is 0. The second kappa shape index (κ2) is 5.86. The maximum absolute atomic E-state index is 13.3. The summed E-state index contributed by atoms with van der Waals surface area (Å²) in [6, 6.07) is 0.484. The lowest BCUT2D eigenvalue weighted by molar-refractivity contribution is 0.0844. The average molecular weight is 248 g/mol. The van der Waals surface area contributed by atoms with Crippen molar-refractivity contribution in [3.05, 3.63) is 23.6 Å². The fraction of sp³-hybridized carbons (Fsp3) is 0.545. The van der Waals surface area contributed by atoms with Gasteiger partial charge in [0.2, 0.25) is 0 Å². The molecule has 0 saturated heterocycles. The van der Waals surface area contributed by atoms with Crippen LogP contribution in [-0.4, -0.2) is 31.3 Å². The Morgan fingerprint density at radius 1 is 1.29 bits per heavy atom. The molecule has 0 aliphatic rings. The van der Waals surface area contributed by atoms with Crippen molar-refractivity contribution in [2.45, 2.75) is 20.0 Å². The van der Waals surface area contributed by atoms with E-state index in [1.54, 1.807) is 0 Å². The predicted octanol–water partition coefficient (Wildman–Crippen LogP) is 2.36. The Morgan fingerprint density at radius 2 is 1.94 bits per heavy atom. The van der Waals surface area contributed by atoms with Crippen LogP contribution in [0, 0.1) is 17.6 Å². The van der Waals surface area contributed by atoms with Crippen LogP contribution in [0.5, 0.6) is 0 Å². The van der Waals surface area contributed by atoms with E-state index in [2.05, 4.69) is 4.98 Å². The van der Waals surface area contributed by atoms with Gasteiger partial charge in [0.15, 0.2) is 17.5 Å². The Bertz CT molecular complexity index is 385. The molecule has 0 N–H and O–H groups in total. The van der Waals surface area contributed by atoms with Gasteiger partial charge in [-0.05, 0) is 13.8 Å². The molecular weight excluding hydrogens is 233 g/mol. The molecule has 0 bridgehead atoms. The summed E-state index contributed by atoms with van der Waals surface area (Å²) in [5, 5.41) is 0. The van der Waals surface area contributed by atoms with Crippen molar-refractivity contribution < 1.29 is 17.9 Å². The summed E-state index contributed by atoms with van der Waals surface area (Å²) in [5.41, 5.74) is 0. The first-order chi connectivity index (χ1) is 7.91. The molecule has 0 aliphatic heterocycles. The van der Waals surface area contributed by atoms with Crippen LogP contribution in [0.3, 0.4) is 0 Å². The van der Waals surface area contributed by atoms with Crippen LogP contribution >= 0.6 is 0 Å². The minimum Gasteiger partial charge on any atom is -0.377 e. The van der Waals surface area contributed by atoms with E-state index in [9.17, 15) is 13.2 Å². The second-order valence-electron chi connectivity index (χ2n) is 3.91. The van der Waals surface area contributed by atoms with Gasteiger partial charge in [-0.25, -0.2) is 8.78 Å². The third-order valence-corrected chi connectivity index (χ3v) is 2.11. The second-order valence-corrected chi connectivity index (χ2v) is 3.91. The summed E-state index contributed by atoms with van der Waals surface area (Å²) in [6.07, 6.45) is 0.0613. The maximum atomic E-state index is 13.3. The molecule has 0 unspecified atom stereocenters. The normalized spacial score (nSPS) is 11.0. The first kappa shape index (κ1) is 13.8. The maximum Gasteiger partial charge on any atom is 0.251 e. The fourth-order valence-electron chi connectivity index (χ4n) is 1.23. The predicted molar refractivity (Wildman–Crippen MR) is 58.5 cm³/mol. The van der Waals surface area contributed by atoms with Gasteiger partial charge >= 0.3 is 0 Å². The van der Waals surface area contributed by atoms with E-state index in [0.717, 1.165) is 0 Å². The highest BCUT2D eigenvalue weighted by atomic mass is 19.2. The van der Waals surface area contributed by atoms with E-state index in [1.165, 1.54) is 11.9 Å². The highest BCUT2D eigenvalue weighted by Gasteiger charge is 2.14. The molecule has 0 fully saturated rings. The number of ether oxygens (including phenoxy) is 1. The van der Waals surface area contributed by atoms with Gasteiger partial charge in [-0.15, -0.1) is 0 Å². The SMILES string of the molecule is CC(C)OCCN(C)c1nc(F)c(F)cc1F. The summed E-state index contributed by atoms with van der Waals surface area (Å²) in [4.78, 5) is 4.60. The highest BCUT2D eigenvalue weighted by Crippen LogP contribution is 2.17. The standard InChI is InChI=1S/C11H15F3N2O/c1-7(2)17-5-4-16(3)11-9(13)6-8(12)10(14)15-11/h6-7H,4-5H2,1-3H3. The number of nitrogens with zero attached hydrogens (tertiary/aromatic N) is 2. The fourth-order valence-corrected chi connectivity index (χ4v) is 1.23. The first-order valence-corrected chi connectivity index (χ1v) is 5.26. The Morgan fingerprint density at radius 3 is 2.53 bits per heavy atom. The number of halogens is 3. The molecule has 0 amide bonds. The summed E-state index contributed by atoms with van der Waals surface area (Å²) in [5.74, 6) is -3.72. The van der Waals surface area contributed by atoms with Crippen LogP contribution < -0.4 is 4.90 Å². The van der Waals surface area contributed by atoms with Crippen LogP contribution in [0.2, 0.25) is 0 Å². The van der Waals surface area contributed by atoms with E-state index >= 15 is 0 Å². The smallest absolute Gasteiger partial charge is 0.251 e. The van der Waals surface area contributed by atoms with Crippen molar-refractivity contribution in [1.82, 2.24) is 4.98 Å². The van der Waals surface area contributed by atoms with E-state index < -0.39 is 17.6 Å². The zero-order valence-corrected chi connectivity index (χ0v) is 10.0. The van der Waals surface area contributed by atoms with Gasteiger partial charge in [-0.3, -0.25) is 0 Å². The van der Waals surface area contributed by atoms with Gasteiger partial charge in [0.25, 0.3) is 5.95 Å². The molecule has 1 rings (SSSR count). The van der Waals surface area contributed by atoms with Crippen molar-refractivity contribution in [3.63, 3.8) is 0 Å². The molecule has 0 spiro atoms. The van der Waals surface area contributed by atoms with Gasteiger partial charge in [-0.1, -0.05) is 0 Å². The van der Waals surface area contributed by atoms with Gasteiger partial charge in [0.05, 0.1) is 12.7 Å². The number of rotatable bonds is 5. The van der Waals surface area contributed by atoms with E-state index in [1.807, 2.05) is 13.8 Å². The Labute approximate surface area is 98.2 Å². The van der Waals surface area contributed by atoms with Crippen LogP contribution in [0.15, 0.2) is 6.07 Å². The molecule has 3 nitrogen and oxygen atoms in total. The Kier molecular flexibility index (Phi) is 4.74. The molecule has 0 aliphatic carbocycles. The van der Waals surface area contributed by atoms with Crippen molar-refractivity contribution in [3.8, 4) is 0 Å². The lowest BCUT2D eigenvalue weighted by Crippen LogP contribution is -2.26. The third kappa shape index (κ3) is 3.89. The molecule has 0 aromatic carbocycles. The molecule has 96 valence electrons. The molecule has 0 atom stereocenters. The number of anilines is 1. The van der Waals surface area contributed by atoms with E-state index in [0.29, 0.717) is 19.2 Å². The Hall–Kier alpha value is -1.30. The van der Waals surface area contributed by atoms with Crippen LogP contribution in [0.25, 0.3) is 0 Å². The minimum atomic E-state index is -1.31. The zero-order chi connectivity index (χ0) is 13.0. The number of likely N-dealkylation sites (N-methyl/N-ethyl adjacent to an activating group) is 1. The molecule has 1 heterocycles. The zero-order valence-electron chi connectivity index (χ0n) is 10.0. The minimum absolute atomic E-state index is 0.0613. The molecule has 0 radical (unpaired) electrons.